The zero-order chi connectivity index (χ0) is 29.9. The molecule has 41 heavy (non-hydrogen) atoms. The zero-order valence-electron chi connectivity index (χ0n) is 22.1. The average molecular weight is 629 g/mol. The molecule has 4 rings (SSSR count). The van der Waals surface area contributed by atoms with Crippen molar-refractivity contribution in [3.63, 3.8) is 0 Å². The first-order valence-corrected chi connectivity index (χ1v) is 16.4. The van der Waals surface area contributed by atoms with Crippen molar-refractivity contribution < 1.29 is 34.8 Å². The third-order valence-corrected chi connectivity index (χ3v) is 10.7. The maximum absolute atomic E-state index is 15.1. The second-order valence-electron chi connectivity index (χ2n) is 9.76. The third-order valence-electron chi connectivity index (χ3n) is 6.96. The molecule has 0 bridgehead atoms. The van der Waals surface area contributed by atoms with Crippen LogP contribution in [0.1, 0.15) is 36.9 Å². The van der Waals surface area contributed by atoms with Crippen LogP contribution in [0.4, 0.5) is 18.9 Å². The number of aryl methyl sites for hydroxylation is 1. The predicted molar refractivity (Wildman–Crippen MR) is 150 cm³/mol. The number of anilines is 1. The Morgan fingerprint density at radius 2 is 1.59 bits per heavy atom. The molecule has 0 aliphatic carbocycles. The fraction of sp³-hybridized carbons (Fsp3) is 0.321. The first kappa shape index (κ1) is 30.9. The number of benzene rings is 3. The van der Waals surface area contributed by atoms with E-state index in [1.54, 1.807) is 0 Å². The van der Waals surface area contributed by atoms with Crippen LogP contribution in [0.5, 0.6) is 0 Å². The molecule has 1 saturated heterocycles. The molecular weight excluding hydrogens is 601 g/mol. The van der Waals surface area contributed by atoms with Crippen LogP contribution in [0.2, 0.25) is 5.02 Å². The maximum atomic E-state index is 15.1. The monoisotopic (exact) mass is 628 g/mol. The minimum absolute atomic E-state index is 0.0652. The average Bonchev–Trinajstić information content (AvgIpc) is 2.91. The van der Waals surface area contributed by atoms with Gasteiger partial charge in [-0.1, -0.05) is 17.7 Å². The lowest BCUT2D eigenvalue weighted by atomic mass is 9.96. The molecule has 0 spiro atoms. The van der Waals surface area contributed by atoms with Crippen molar-refractivity contribution in [1.82, 2.24) is 4.90 Å². The number of amides is 1. The van der Waals surface area contributed by atoms with Crippen molar-refractivity contribution in [2.45, 2.75) is 37.1 Å². The summed E-state index contributed by atoms with van der Waals surface area (Å²) < 4.78 is 95.4. The number of carbonyl (C=O) groups excluding carboxylic acids is 1. The molecule has 7 nitrogen and oxygen atoms in total. The number of halogens is 4. The Morgan fingerprint density at radius 3 is 2.24 bits per heavy atom. The SMILES string of the molecule is C[C@H](c1ccc(F)cc1CCCC(=O)N1CCS(=O)(=O)CC1)N(c1cc(F)ccc1F)S(=O)(=O)c1ccc(Cl)cc1. The van der Waals surface area contributed by atoms with Gasteiger partial charge in [0.1, 0.15) is 17.5 Å². The van der Waals surface area contributed by atoms with Crippen LogP contribution in [-0.2, 0) is 31.1 Å². The van der Waals surface area contributed by atoms with E-state index in [1.165, 1.54) is 48.2 Å². The van der Waals surface area contributed by atoms with Gasteiger partial charge < -0.3 is 4.90 Å². The zero-order valence-corrected chi connectivity index (χ0v) is 24.5. The maximum Gasteiger partial charge on any atom is 0.264 e. The minimum Gasteiger partial charge on any atom is -0.341 e. The summed E-state index contributed by atoms with van der Waals surface area (Å²) in [6.45, 7) is 1.70. The summed E-state index contributed by atoms with van der Waals surface area (Å²) in [5, 5.41) is 0.280. The molecule has 0 unspecified atom stereocenters. The van der Waals surface area contributed by atoms with Crippen molar-refractivity contribution in [3.05, 3.63) is 94.3 Å². The molecule has 0 N–H and O–H groups in total. The Balaban J connectivity index is 1.65. The Kier molecular flexibility index (Phi) is 9.35. The number of nitrogens with zero attached hydrogens (tertiary/aromatic N) is 2. The standard InChI is InChI=1S/C28H28ClF3N2O5S2/c1-19(34(27-18-23(31)8-12-26(27)32)41(38,39)24-9-5-21(29)6-10-24)25-11-7-22(30)17-20(25)3-2-4-28(35)33-13-15-40(36,37)16-14-33/h5-12,17-19H,2-4,13-16H2,1H3/t19-/m1/s1. The lowest BCUT2D eigenvalue weighted by Gasteiger charge is -2.32. The molecule has 1 aliphatic rings. The lowest BCUT2D eigenvalue weighted by Crippen LogP contribution is -2.43. The molecule has 220 valence electrons. The summed E-state index contributed by atoms with van der Waals surface area (Å²) in [5.41, 5.74) is 0.196. The van der Waals surface area contributed by atoms with E-state index in [0.29, 0.717) is 11.1 Å². The second-order valence-corrected chi connectivity index (χ2v) is 14.3. The molecule has 1 atom stereocenters. The highest BCUT2D eigenvalue weighted by Gasteiger charge is 2.34. The van der Waals surface area contributed by atoms with E-state index in [-0.39, 0.29) is 59.7 Å². The van der Waals surface area contributed by atoms with Crippen molar-refractivity contribution in [3.8, 4) is 0 Å². The van der Waals surface area contributed by atoms with Crippen LogP contribution in [-0.4, -0.2) is 52.2 Å². The normalized spacial score (nSPS) is 15.9. The highest BCUT2D eigenvalue weighted by Crippen LogP contribution is 2.37. The van der Waals surface area contributed by atoms with Crippen LogP contribution >= 0.6 is 11.6 Å². The number of sulfonamides is 1. The largest absolute Gasteiger partial charge is 0.341 e. The van der Waals surface area contributed by atoms with Gasteiger partial charge in [-0.2, -0.15) is 0 Å². The summed E-state index contributed by atoms with van der Waals surface area (Å²) >= 11 is 5.92. The van der Waals surface area contributed by atoms with Crippen molar-refractivity contribution in [2.75, 3.05) is 28.9 Å². The highest BCUT2D eigenvalue weighted by molar-refractivity contribution is 7.93. The van der Waals surface area contributed by atoms with E-state index in [0.717, 1.165) is 28.6 Å². The fourth-order valence-corrected chi connectivity index (χ4v) is 7.76. The molecule has 1 aliphatic heterocycles. The number of rotatable bonds is 9. The Labute approximate surface area is 242 Å². The molecule has 1 fully saturated rings. The van der Waals surface area contributed by atoms with Crippen LogP contribution in [0.25, 0.3) is 0 Å². The molecular formula is C28H28ClF3N2O5S2. The van der Waals surface area contributed by atoms with Gasteiger partial charge in [-0.05, 0) is 79.4 Å². The topological polar surface area (TPSA) is 91.8 Å². The van der Waals surface area contributed by atoms with Gasteiger partial charge in [-0.25, -0.2) is 30.0 Å². The van der Waals surface area contributed by atoms with Gasteiger partial charge in [-0.3, -0.25) is 9.10 Å². The molecule has 0 radical (unpaired) electrons. The predicted octanol–water partition coefficient (Wildman–Crippen LogP) is 5.29. The van der Waals surface area contributed by atoms with Crippen LogP contribution in [0.15, 0.2) is 65.6 Å². The van der Waals surface area contributed by atoms with Crippen molar-refractivity contribution in [1.29, 1.82) is 0 Å². The van der Waals surface area contributed by atoms with Gasteiger partial charge in [0.15, 0.2) is 9.84 Å². The van der Waals surface area contributed by atoms with Gasteiger partial charge in [0.25, 0.3) is 10.0 Å². The van der Waals surface area contributed by atoms with Gasteiger partial charge in [0, 0.05) is 30.6 Å². The molecule has 3 aromatic carbocycles. The molecule has 1 amide bonds. The van der Waals surface area contributed by atoms with Gasteiger partial charge >= 0.3 is 0 Å². The minimum atomic E-state index is -4.48. The van der Waals surface area contributed by atoms with Crippen LogP contribution < -0.4 is 4.31 Å². The van der Waals surface area contributed by atoms with Gasteiger partial charge in [0.05, 0.1) is 28.1 Å². The Bertz CT molecular complexity index is 1640. The molecule has 0 saturated carbocycles. The fourth-order valence-electron chi connectivity index (χ4n) is 4.80. The first-order chi connectivity index (χ1) is 19.3. The molecule has 3 aromatic rings. The van der Waals surface area contributed by atoms with E-state index in [4.69, 9.17) is 11.6 Å². The van der Waals surface area contributed by atoms with Crippen molar-refractivity contribution >= 4 is 43.1 Å². The number of hydrogen-bond donors (Lipinski definition) is 0. The quantitative estimate of drug-likeness (QED) is 0.321. The third kappa shape index (κ3) is 7.22. The van der Waals surface area contributed by atoms with Crippen LogP contribution in [0.3, 0.4) is 0 Å². The lowest BCUT2D eigenvalue weighted by molar-refractivity contribution is -0.130. The Morgan fingerprint density at radius 1 is 0.976 bits per heavy atom. The van der Waals surface area contributed by atoms with E-state index >= 15 is 4.39 Å². The van der Waals surface area contributed by atoms with E-state index in [9.17, 15) is 30.4 Å². The van der Waals surface area contributed by atoms with Crippen LogP contribution in [0, 0.1) is 17.5 Å². The van der Waals surface area contributed by atoms with E-state index in [1.807, 2.05) is 0 Å². The smallest absolute Gasteiger partial charge is 0.264 e. The van der Waals surface area contributed by atoms with Crippen molar-refractivity contribution in [2.24, 2.45) is 0 Å². The summed E-state index contributed by atoms with van der Waals surface area (Å²) in [4.78, 5) is 13.9. The summed E-state index contributed by atoms with van der Waals surface area (Å²) in [6.07, 6.45) is 0.509. The van der Waals surface area contributed by atoms with E-state index < -0.39 is 49.0 Å². The van der Waals surface area contributed by atoms with Gasteiger partial charge in [0.2, 0.25) is 5.91 Å². The second kappa shape index (κ2) is 12.4. The number of sulfone groups is 1. The summed E-state index contributed by atoms with van der Waals surface area (Å²) in [6, 6.07) is 10.3. The number of carbonyl (C=O) groups is 1. The first-order valence-electron chi connectivity index (χ1n) is 12.8. The molecule has 1 heterocycles. The highest BCUT2D eigenvalue weighted by atomic mass is 35.5. The number of hydrogen-bond acceptors (Lipinski definition) is 5. The Hall–Kier alpha value is -3.09. The summed E-state index contributed by atoms with van der Waals surface area (Å²) in [5.74, 6) is -2.85. The van der Waals surface area contributed by atoms with E-state index in [2.05, 4.69) is 0 Å². The molecule has 13 heteroatoms. The van der Waals surface area contributed by atoms with Gasteiger partial charge in [-0.15, -0.1) is 0 Å². The molecule has 0 aromatic heterocycles. The summed E-state index contributed by atoms with van der Waals surface area (Å²) in [7, 11) is -7.63.